The lowest BCUT2D eigenvalue weighted by atomic mass is 9.96. The Balaban J connectivity index is 2.57. The number of carbonyl (C=O) groups excluding carboxylic acids is 1. The van der Waals surface area contributed by atoms with Gasteiger partial charge in [0.15, 0.2) is 0 Å². The van der Waals surface area contributed by atoms with Crippen LogP contribution in [0.15, 0.2) is 0 Å². The molecule has 2 atom stereocenters. The van der Waals surface area contributed by atoms with Crippen molar-refractivity contribution in [3.05, 3.63) is 0 Å². The van der Waals surface area contributed by atoms with Crippen molar-refractivity contribution < 1.29 is 19.8 Å². The topological polar surface area (TPSA) is 113 Å². The molecule has 1 unspecified atom stereocenters. The fraction of sp³-hybridized carbons (Fsp3) is 0.778. The molecule has 0 aromatic rings. The standard InChI is InChI=1S/C9H16N2O4/c1-9(10,5-2-3-5)8(15)11-6(4-12)7(13)14/h5-6,12H,2-4,10H2,1H3,(H,11,15)(H,13,14)/t6-,9?/m1/s1. The van der Waals surface area contributed by atoms with Gasteiger partial charge in [-0.3, -0.25) is 4.79 Å². The number of carbonyl (C=O) groups is 2. The number of carboxylic acids is 1. The van der Waals surface area contributed by atoms with Crippen molar-refractivity contribution in [2.24, 2.45) is 11.7 Å². The van der Waals surface area contributed by atoms with E-state index in [2.05, 4.69) is 5.32 Å². The molecule has 1 rings (SSSR count). The predicted molar refractivity (Wildman–Crippen MR) is 52.0 cm³/mol. The number of aliphatic hydroxyl groups excluding tert-OH is 1. The van der Waals surface area contributed by atoms with Gasteiger partial charge in [-0.25, -0.2) is 4.79 Å². The van der Waals surface area contributed by atoms with E-state index < -0.39 is 30.1 Å². The van der Waals surface area contributed by atoms with Crippen molar-refractivity contribution in [1.82, 2.24) is 5.32 Å². The van der Waals surface area contributed by atoms with E-state index in [9.17, 15) is 9.59 Å². The van der Waals surface area contributed by atoms with Crippen molar-refractivity contribution in [3.8, 4) is 0 Å². The van der Waals surface area contributed by atoms with Gasteiger partial charge >= 0.3 is 5.97 Å². The smallest absolute Gasteiger partial charge is 0.328 e. The van der Waals surface area contributed by atoms with E-state index in [4.69, 9.17) is 15.9 Å². The first-order valence-corrected chi connectivity index (χ1v) is 4.83. The molecule has 1 fully saturated rings. The molecule has 15 heavy (non-hydrogen) atoms. The second-order valence-electron chi connectivity index (χ2n) is 4.10. The predicted octanol–water partition coefficient (Wildman–Crippen LogP) is -1.32. The minimum absolute atomic E-state index is 0.116. The summed E-state index contributed by atoms with van der Waals surface area (Å²) in [5, 5.41) is 19.6. The van der Waals surface area contributed by atoms with E-state index in [1.807, 2.05) is 0 Å². The zero-order chi connectivity index (χ0) is 11.6. The minimum Gasteiger partial charge on any atom is -0.480 e. The summed E-state index contributed by atoms with van der Waals surface area (Å²) in [5.41, 5.74) is 4.74. The number of nitrogens with two attached hydrogens (primary N) is 1. The highest BCUT2D eigenvalue weighted by Crippen LogP contribution is 2.38. The van der Waals surface area contributed by atoms with Gasteiger partial charge in [0.05, 0.1) is 12.1 Å². The summed E-state index contributed by atoms with van der Waals surface area (Å²) in [6.45, 7) is 0.943. The number of rotatable bonds is 5. The summed E-state index contributed by atoms with van der Waals surface area (Å²) >= 11 is 0. The molecule has 1 amide bonds. The Bertz CT molecular complexity index is 273. The summed E-state index contributed by atoms with van der Waals surface area (Å²) in [6.07, 6.45) is 1.77. The Hall–Kier alpha value is -1.14. The molecule has 1 aliphatic carbocycles. The van der Waals surface area contributed by atoms with E-state index in [1.165, 1.54) is 0 Å². The van der Waals surface area contributed by atoms with E-state index >= 15 is 0 Å². The van der Waals surface area contributed by atoms with E-state index in [0.717, 1.165) is 12.8 Å². The highest BCUT2D eigenvalue weighted by Gasteiger charge is 2.44. The molecule has 0 bridgehead atoms. The molecule has 1 aliphatic rings. The van der Waals surface area contributed by atoms with Gasteiger partial charge in [0, 0.05) is 0 Å². The third-order valence-electron chi connectivity index (χ3n) is 2.70. The van der Waals surface area contributed by atoms with Gasteiger partial charge in [-0.2, -0.15) is 0 Å². The van der Waals surface area contributed by atoms with Crippen molar-refractivity contribution in [1.29, 1.82) is 0 Å². The van der Waals surface area contributed by atoms with Crippen molar-refractivity contribution >= 4 is 11.9 Å². The number of aliphatic hydroxyl groups is 1. The van der Waals surface area contributed by atoms with Gasteiger partial charge in [0.1, 0.15) is 6.04 Å². The van der Waals surface area contributed by atoms with Crippen molar-refractivity contribution in [2.75, 3.05) is 6.61 Å². The molecule has 0 aromatic heterocycles. The Morgan fingerprint density at radius 2 is 2.13 bits per heavy atom. The van der Waals surface area contributed by atoms with Crippen LogP contribution >= 0.6 is 0 Å². The molecule has 1 saturated carbocycles. The van der Waals surface area contributed by atoms with E-state index in [1.54, 1.807) is 6.92 Å². The average molecular weight is 216 g/mol. The van der Waals surface area contributed by atoms with Crippen LogP contribution in [0.1, 0.15) is 19.8 Å². The molecule has 0 heterocycles. The van der Waals surface area contributed by atoms with Gasteiger partial charge in [-0.05, 0) is 25.7 Å². The van der Waals surface area contributed by atoms with Crippen molar-refractivity contribution in [3.63, 3.8) is 0 Å². The lowest BCUT2D eigenvalue weighted by Crippen LogP contribution is -2.57. The highest BCUT2D eigenvalue weighted by molar-refractivity contribution is 5.90. The summed E-state index contributed by atoms with van der Waals surface area (Å²) in [5.74, 6) is -1.67. The number of amides is 1. The first kappa shape index (κ1) is 11.9. The number of carboxylic acid groups (broad SMARTS) is 1. The molecule has 0 spiro atoms. The zero-order valence-corrected chi connectivity index (χ0v) is 8.56. The number of hydrogen-bond acceptors (Lipinski definition) is 4. The van der Waals surface area contributed by atoms with Crippen LogP contribution < -0.4 is 11.1 Å². The first-order chi connectivity index (χ1) is 6.89. The Labute approximate surface area is 87.5 Å². The molecule has 0 radical (unpaired) electrons. The van der Waals surface area contributed by atoms with E-state index in [-0.39, 0.29) is 5.92 Å². The van der Waals surface area contributed by atoms with Gasteiger partial charge in [-0.15, -0.1) is 0 Å². The number of hydrogen-bond donors (Lipinski definition) is 4. The second-order valence-corrected chi connectivity index (χ2v) is 4.10. The largest absolute Gasteiger partial charge is 0.480 e. The normalized spacial score (nSPS) is 21.5. The zero-order valence-electron chi connectivity index (χ0n) is 8.56. The Kier molecular flexibility index (Phi) is 3.31. The summed E-state index contributed by atoms with van der Waals surface area (Å²) in [6, 6.07) is -1.28. The third-order valence-corrected chi connectivity index (χ3v) is 2.70. The summed E-state index contributed by atoms with van der Waals surface area (Å²) < 4.78 is 0. The van der Waals surface area contributed by atoms with Crippen LogP contribution in [0.25, 0.3) is 0 Å². The van der Waals surface area contributed by atoms with Crippen molar-refractivity contribution in [2.45, 2.75) is 31.3 Å². The van der Waals surface area contributed by atoms with Gasteiger partial charge in [-0.1, -0.05) is 0 Å². The lowest BCUT2D eigenvalue weighted by Gasteiger charge is -2.24. The maximum Gasteiger partial charge on any atom is 0.328 e. The number of nitrogens with one attached hydrogen (secondary N) is 1. The van der Waals surface area contributed by atoms with Gasteiger partial charge in [0.25, 0.3) is 0 Å². The summed E-state index contributed by atoms with van der Waals surface area (Å²) in [4.78, 5) is 22.2. The monoisotopic (exact) mass is 216 g/mol. The minimum atomic E-state index is -1.28. The Morgan fingerprint density at radius 1 is 1.60 bits per heavy atom. The van der Waals surface area contributed by atoms with Crippen LogP contribution in [-0.2, 0) is 9.59 Å². The molecular weight excluding hydrogens is 200 g/mol. The fourth-order valence-corrected chi connectivity index (χ4v) is 1.37. The molecule has 6 heteroatoms. The number of aliphatic carboxylic acids is 1. The SMILES string of the molecule is CC(N)(C(=O)N[C@H](CO)C(=O)O)C1CC1. The van der Waals surface area contributed by atoms with Crippen LogP contribution in [0, 0.1) is 5.92 Å². The molecule has 0 aromatic carbocycles. The van der Waals surface area contributed by atoms with E-state index in [0.29, 0.717) is 0 Å². The fourth-order valence-electron chi connectivity index (χ4n) is 1.37. The second kappa shape index (κ2) is 4.16. The van der Waals surface area contributed by atoms with Crippen LogP contribution in [0.2, 0.25) is 0 Å². The maximum atomic E-state index is 11.6. The first-order valence-electron chi connectivity index (χ1n) is 4.83. The van der Waals surface area contributed by atoms with Crippen LogP contribution in [0.3, 0.4) is 0 Å². The molecular formula is C9H16N2O4. The van der Waals surface area contributed by atoms with Crippen LogP contribution in [0.5, 0.6) is 0 Å². The van der Waals surface area contributed by atoms with Crippen LogP contribution in [-0.4, -0.2) is 40.3 Å². The van der Waals surface area contributed by atoms with Crippen LogP contribution in [0.4, 0.5) is 0 Å². The highest BCUT2D eigenvalue weighted by atomic mass is 16.4. The Morgan fingerprint density at radius 3 is 2.47 bits per heavy atom. The third kappa shape index (κ3) is 2.66. The van der Waals surface area contributed by atoms with Gasteiger partial charge < -0.3 is 21.3 Å². The van der Waals surface area contributed by atoms with Gasteiger partial charge in [0.2, 0.25) is 5.91 Å². The lowest BCUT2D eigenvalue weighted by molar-refractivity contribution is -0.143. The molecule has 0 aliphatic heterocycles. The maximum absolute atomic E-state index is 11.6. The summed E-state index contributed by atoms with van der Waals surface area (Å²) in [7, 11) is 0. The average Bonchev–Trinajstić information content (AvgIpc) is 2.95. The molecule has 5 N–H and O–H groups in total. The quantitative estimate of drug-likeness (QED) is 0.455. The molecule has 6 nitrogen and oxygen atoms in total. The molecule has 0 saturated heterocycles. The molecule has 86 valence electrons.